The van der Waals surface area contributed by atoms with Gasteiger partial charge in [0.2, 0.25) is 11.8 Å². The number of ether oxygens (including phenoxy) is 1. The number of allylic oxidation sites excluding steroid dienone is 1. The minimum atomic E-state index is -4.63. The fourth-order valence-electron chi connectivity index (χ4n) is 13.8. The minimum absolute atomic E-state index is 0.0518. The second kappa shape index (κ2) is 25.3. The first-order valence-electron chi connectivity index (χ1n) is 30.4. The van der Waals surface area contributed by atoms with Crippen LogP contribution in [0.1, 0.15) is 116 Å². The number of carbonyl (C=O) groups excluding carboxylic acids is 4. The number of aromatic nitrogens is 2. The quantitative estimate of drug-likeness (QED) is 0.0378. The van der Waals surface area contributed by atoms with Gasteiger partial charge in [0.05, 0.1) is 21.6 Å². The standard InChI is InChI=1S/C65H73BrClN11O9S/c1-40-36-76(27-26-75(40)37-42-28-52-54(55(66)29-42)39-77(64(52)82)57-16-17-60(79)71-63(57)81)47-10-4-41(5-11-47)34-69-56-15-13-50(32-58(56)78(83)84)88(85,86)72-62(80)51-14-12-48(31-59(51)87-49-30-44-19-21-68-61(44)70-35-49)74-24-22-73(23-25-74)38-45-18-20-65(2,3)33-53(45)43-6-8-46(67)9-7-43/h6-9,12-15,19,21,28-32,35,40-41,47,57,69H,4-5,10-11,16-18,20,22-27,33-34,36-39H2,1-3H3,(H,68,70)(H,72,80)(H,71,79,81)/t40-,41-,47+,57?/m0/s1. The second-order valence-corrected chi connectivity index (χ2v) is 28.3. The van der Waals surface area contributed by atoms with Crippen LogP contribution in [0, 0.1) is 21.4 Å². The summed E-state index contributed by atoms with van der Waals surface area (Å²) in [6.45, 7) is 14.9. The number of piperazine rings is 2. The molecule has 2 aliphatic carbocycles. The van der Waals surface area contributed by atoms with Gasteiger partial charge in [-0.05, 0) is 153 Å². The van der Waals surface area contributed by atoms with Gasteiger partial charge in [-0.15, -0.1) is 0 Å². The summed E-state index contributed by atoms with van der Waals surface area (Å²) in [5.74, 6) is -1.21. The number of piperidine rings is 1. The van der Waals surface area contributed by atoms with Crippen LogP contribution in [0.3, 0.4) is 0 Å². The first kappa shape index (κ1) is 61.0. The molecule has 12 rings (SSSR count). The van der Waals surface area contributed by atoms with E-state index >= 15 is 0 Å². The number of aromatic amines is 1. The normalized spacial score (nSPS) is 22.2. The summed E-state index contributed by atoms with van der Waals surface area (Å²) in [6, 6.07) is 24.5. The molecule has 6 heterocycles. The summed E-state index contributed by atoms with van der Waals surface area (Å²) in [7, 11) is -4.63. The van der Waals surface area contributed by atoms with Crippen molar-refractivity contribution in [3.63, 3.8) is 0 Å². The van der Waals surface area contributed by atoms with Crippen LogP contribution in [-0.2, 0) is 32.7 Å². The molecule has 6 aliphatic rings. The predicted octanol–water partition coefficient (Wildman–Crippen LogP) is 10.5. The lowest BCUT2D eigenvalue weighted by Crippen LogP contribution is -2.55. The zero-order valence-electron chi connectivity index (χ0n) is 49.7. The Bertz CT molecular complexity index is 3860. The average molecular weight is 1300 g/mol. The van der Waals surface area contributed by atoms with Gasteiger partial charge in [0.1, 0.15) is 28.9 Å². The highest BCUT2D eigenvalue weighted by Crippen LogP contribution is 2.44. The van der Waals surface area contributed by atoms with Crippen molar-refractivity contribution in [2.24, 2.45) is 11.3 Å². The Hall–Kier alpha value is -7.21. The zero-order chi connectivity index (χ0) is 61.6. The summed E-state index contributed by atoms with van der Waals surface area (Å²) in [4.78, 5) is 82.6. The summed E-state index contributed by atoms with van der Waals surface area (Å²) in [5, 5.41) is 19.7. The highest BCUT2D eigenvalue weighted by Gasteiger charge is 2.41. The molecule has 6 aromatic rings. The Balaban J connectivity index is 0.654. The molecule has 1 saturated carbocycles. The van der Waals surface area contributed by atoms with E-state index in [0.717, 1.165) is 122 Å². The molecule has 23 heteroatoms. The topological polar surface area (TPSA) is 236 Å². The van der Waals surface area contributed by atoms with Crippen LogP contribution in [0.4, 0.5) is 17.1 Å². The molecule has 4 N–H and O–H groups in total. The molecule has 4 aromatic carbocycles. The van der Waals surface area contributed by atoms with Gasteiger partial charge in [0.25, 0.3) is 27.5 Å². The maximum Gasteiger partial charge on any atom is 0.293 e. The average Bonchev–Trinajstić information content (AvgIpc) is 2.41. The maximum absolute atomic E-state index is 14.2. The van der Waals surface area contributed by atoms with Crippen molar-refractivity contribution in [1.29, 1.82) is 0 Å². The number of nitro groups is 1. The lowest BCUT2D eigenvalue weighted by atomic mass is 9.72. The minimum Gasteiger partial charge on any atom is -0.455 e. The number of fused-ring (bicyclic) bond motifs is 2. The number of nitrogens with zero attached hydrogens (tertiary/aromatic N) is 7. The van der Waals surface area contributed by atoms with Gasteiger partial charge in [0, 0.05) is 135 Å². The first-order valence-corrected chi connectivity index (χ1v) is 33.1. The number of pyridine rings is 1. The number of halogens is 2. The van der Waals surface area contributed by atoms with Gasteiger partial charge in [-0.25, -0.2) is 18.1 Å². The van der Waals surface area contributed by atoms with E-state index in [2.05, 4.69) is 99.8 Å². The molecule has 20 nitrogen and oxygen atoms in total. The SMILES string of the molecule is C[C@H]1CN([C@H]2CC[C@@H](CNc3ccc(S(=O)(=O)NC(=O)c4ccc(N5CCN(CC6=C(c7ccc(Cl)cc7)CC(C)(C)CC6)CC5)cc4Oc4cnc5[nH]ccc5c4)cc3[N+](=O)[O-])CC2)CCN1Cc1cc(Br)c2c(c1)C(=O)N(C1CCC(=O)NC1=O)C2. The molecule has 462 valence electrons. The van der Waals surface area contributed by atoms with Gasteiger partial charge in [-0.3, -0.25) is 49.3 Å². The third kappa shape index (κ3) is 13.4. The molecule has 3 saturated heterocycles. The molecule has 0 radical (unpaired) electrons. The Morgan fingerprint density at radius 2 is 1.69 bits per heavy atom. The summed E-state index contributed by atoms with van der Waals surface area (Å²) >= 11 is 9.98. The Morgan fingerprint density at radius 1 is 0.909 bits per heavy atom. The third-order valence-electron chi connectivity index (χ3n) is 18.8. The summed E-state index contributed by atoms with van der Waals surface area (Å²) in [6.07, 6.45) is 10.7. The second-order valence-electron chi connectivity index (χ2n) is 25.3. The van der Waals surface area contributed by atoms with Crippen LogP contribution in [0.2, 0.25) is 5.02 Å². The Morgan fingerprint density at radius 3 is 2.44 bits per heavy atom. The lowest BCUT2D eigenvalue weighted by molar-refractivity contribution is -0.384. The molecule has 1 unspecified atom stereocenters. The van der Waals surface area contributed by atoms with Gasteiger partial charge in [0.15, 0.2) is 0 Å². The van der Waals surface area contributed by atoms with Crippen LogP contribution < -0.4 is 25.0 Å². The number of hydrogen-bond donors (Lipinski definition) is 4. The van der Waals surface area contributed by atoms with Crippen molar-refractivity contribution in [3.05, 3.63) is 150 Å². The molecule has 88 heavy (non-hydrogen) atoms. The number of H-pyrrole nitrogens is 1. The fraction of sp³-hybridized carbons (Fsp3) is 0.431. The number of imide groups is 1. The van der Waals surface area contributed by atoms with Crippen LogP contribution in [-0.4, -0.2) is 144 Å². The summed E-state index contributed by atoms with van der Waals surface area (Å²) < 4.78 is 37.5. The number of hydrogen-bond acceptors (Lipinski definition) is 15. The third-order valence-corrected chi connectivity index (χ3v) is 21.1. The molecule has 2 atom stereocenters. The molecule has 0 spiro atoms. The maximum atomic E-state index is 14.2. The van der Waals surface area contributed by atoms with E-state index in [0.29, 0.717) is 62.1 Å². The number of carbonyl (C=O) groups is 4. The van der Waals surface area contributed by atoms with Crippen molar-refractivity contribution in [1.82, 2.24) is 39.6 Å². The molecule has 4 fully saturated rings. The van der Waals surface area contributed by atoms with Crippen LogP contribution in [0.5, 0.6) is 11.5 Å². The largest absolute Gasteiger partial charge is 0.455 e. The zero-order valence-corrected chi connectivity index (χ0v) is 52.8. The fourth-order valence-corrected chi connectivity index (χ4v) is 15.5. The molecular weight excluding hydrogens is 1230 g/mol. The van der Waals surface area contributed by atoms with Gasteiger partial charge in [-0.2, -0.15) is 0 Å². The van der Waals surface area contributed by atoms with Crippen molar-refractivity contribution in [3.8, 4) is 11.5 Å². The van der Waals surface area contributed by atoms with Crippen molar-refractivity contribution >= 4 is 94.9 Å². The van der Waals surface area contributed by atoms with Crippen LogP contribution in [0.15, 0.2) is 112 Å². The van der Waals surface area contributed by atoms with E-state index in [1.807, 2.05) is 24.3 Å². The Labute approximate surface area is 525 Å². The van der Waals surface area contributed by atoms with E-state index < -0.39 is 43.4 Å². The molecular formula is C65H73BrClN11O9S. The highest BCUT2D eigenvalue weighted by molar-refractivity contribution is 9.10. The highest BCUT2D eigenvalue weighted by atomic mass is 79.9. The Kier molecular flexibility index (Phi) is 17.6. The monoisotopic (exact) mass is 1300 g/mol. The van der Waals surface area contributed by atoms with Crippen LogP contribution >= 0.6 is 27.5 Å². The van der Waals surface area contributed by atoms with E-state index in [1.165, 1.54) is 35.0 Å². The number of rotatable bonds is 17. The number of nitrogens with one attached hydrogen (secondary N) is 4. The molecule has 4 aliphatic heterocycles. The van der Waals surface area contributed by atoms with Crippen molar-refractivity contribution in [2.75, 3.05) is 69.1 Å². The lowest BCUT2D eigenvalue weighted by Gasteiger charge is -2.45. The van der Waals surface area contributed by atoms with Gasteiger partial charge >= 0.3 is 0 Å². The van der Waals surface area contributed by atoms with E-state index in [9.17, 15) is 37.7 Å². The van der Waals surface area contributed by atoms with Crippen molar-refractivity contribution in [2.45, 2.75) is 115 Å². The number of sulfonamides is 1. The molecule has 4 amide bonds. The number of benzene rings is 4. The van der Waals surface area contributed by atoms with E-state index in [1.54, 1.807) is 35.4 Å². The van der Waals surface area contributed by atoms with Crippen LogP contribution in [0.25, 0.3) is 16.6 Å². The van der Waals surface area contributed by atoms with Gasteiger partial charge in [-0.1, -0.05) is 59.1 Å². The summed E-state index contributed by atoms with van der Waals surface area (Å²) in [5.41, 5.74) is 7.89. The van der Waals surface area contributed by atoms with E-state index in [4.69, 9.17) is 16.3 Å². The predicted molar refractivity (Wildman–Crippen MR) is 341 cm³/mol. The number of nitro benzene ring substituents is 1. The molecule has 2 aromatic heterocycles. The van der Waals surface area contributed by atoms with E-state index in [-0.39, 0.29) is 52.6 Å². The van der Waals surface area contributed by atoms with Crippen molar-refractivity contribution < 1.29 is 37.3 Å². The molecule has 0 bridgehead atoms. The van der Waals surface area contributed by atoms with Gasteiger partial charge < -0.3 is 24.8 Å². The number of anilines is 2. The number of amides is 4. The smallest absolute Gasteiger partial charge is 0.293 e. The first-order chi connectivity index (χ1) is 42.2.